The maximum atomic E-state index is 13.2. The molecule has 2 heterocycles. The molecular weight excluding hydrogens is 484 g/mol. The van der Waals surface area contributed by atoms with Gasteiger partial charge in [-0.3, -0.25) is 14.5 Å². The molecule has 4 aromatic rings. The standard InChI is InChI=1S/C28H34N6O4/c1-6-24(27-30-31-32-34(27)17-25(35)38-7-2)33(15-20-8-10-23(37-5)11-9-20)16-22-14-21-13-18(3)12-19(4)26(21)29-28(22)36/h8-14,24H,6-7,15-17H2,1-5H3,(H,29,36)/t24-/m0/s1. The molecule has 0 bridgehead atoms. The van der Waals surface area contributed by atoms with Crippen LogP contribution in [0.2, 0.25) is 0 Å². The Morgan fingerprint density at radius 2 is 1.87 bits per heavy atom. The van der Waals surface area contributed by atoms with Crippen molar-refractivity contribution in [2.45, 2.75) is 59.8 Å². The highest BCUT2D eigenvalue weighted by molar-refractivity contribution is 5.82. The van der Waals surface area contributed by atoms with E-state index in [4.69, 9.17) is 9.47 Å². The summed E-state index contributed by atoms with van der Waals surface area (Å²) in [5.74, 6) is 0.898. The number of carbonyl (C=O) groups excluding carboxylic acids is 1. The van der Waals surface area contributed by atoms with E-state index in [9.17, 15) is 9.59 Å². The van der Waals surface area contributed by atoms with E-state index >= 15 is 0 Å². The van der Waals surface area contributed by atoms with Gasteiger partial charge in [-0.25, -0.2) is 4.68 Å². The number of H-pyrrole nitrogens is 1. The lowest BCUT2D eigenvalue weighted by atomic mass is 10.0. The van der Waals surface area contributed by atoms with Crippen LogP contribution in [0.25, 0.3) is 10.9 Å². The third kappa shape index (κ3) is 6.08. The number of aromatic amines is 1. The van der Waals surface area contributed by atoms with E-state index in [-0.39, 0.29) is 24.8 Å². The molecule has 0 aliphatic rings. The number of ether oxygens (including phenoxy) is 2. The van der Waals surface area contributed by atoms with E-state index in [2.05, 4.69) is 37.5 Å². The molecule has 0 saturated heterocycles. The predicted octanol–water partition coefficient (Wildman–Crippen LogP) is 3.86. The quantitative estimate of drug-likeness (QED) is 0.298. The lowest BCUT2D eigenvalue weighted by Crippen LogP contribution is -2.33. The maximum absolute atomic E-state index is 13.2. The number of aryl methyl sites for hydroxylation is 2. The van der Waals surface area contributed by atoms with Crippen molar-refractivity contribution in [1.82, 2.24) is 30.1 Å². The van der Waals surface area contributed by atoms with Gasteiger partial charge < -0.3 is 14.5 Å². The topological polar surface area (TPSA) is 115 Å². The molecule has 0 aliphatic heterocycles. The number of nitrogens with zero attached hydrogens (tertiary/aromatic N) is 5. The van der Waals surface area contributed by atoms with Gasteiger partial charge in [0.05, 0.1) is 25.3 Å². The SMILES string of the molecule is CCOC(=O)Cn1nnnc1[C@H](CC)N(Cc1ccc(OC)cc1)Cc1cc2cc(C)cc(C)c2[nH]c1=O. The molecule has 10 heteroatoms. The lowest BCUT2D eigenvalue weighted by molar-refractivity contribution is -0.144. The second-order valence-electron chi connectivity index (χ2n) is 9.35. The van der Waals surface area contributed by atoms with Crippen LogP contribution in [-0.4, -0.2) is 49.8 Å². The Hall–Kier alpha value is -4.05. The van der Waals surface area contributed by atoms with Crippen molar-refractivity contribution < 1.29 is 14.3 Å². The number of hydrogen-bond acceptors (Lipinski definition) is 8. The van der Waals surface area contributed by atoms with Crippen LogP contribution in [0.15, 0.2) is 47.3 Å². The first kappa shape index (κ1) is 27.0. The molecule has 0 aliphatic carbocycles. The zero-order chi connectivity index (χ0) is 27.2. The first-order valence-electron chi connectivity index (χ1n) is 12.7. The van der Waals surface area contributed by atoms with Gasteiger partial charge in [-0.05, 0) is 78.4 Å². The van der Waals surface area contributed by atoms with Crippen molar-refractivity contribution in [3.8, 4) is 5.75 Å². The molecule has 10 nitrogen and oxygen atoms in total. The highest BCUT2D eigenvalue weighted by Crippen LogP contribution is 2.27. The van der Waals surface area contributed by atoms with Crippen molar-refractivity contribution in [2.75, 3.05) is 13.7 Å². The molecule has 0 amide bonds. The van der Waals surface area contributed by atoms with Gasteiger partial charge in [0, 0.05) is 18.7 Å². The fraction of sp³-hybridized carbons (Fsp3) is 0.393. The summed E-state index contributed by atoms with van der Waals surface area (Å²) >= 11 is 0. The Morgan fingerprint density at radius 1 is 1.11 bits per heavy atom. The van der Waals surface area contributed by atoms with Gasteiger partial charge in [0.1, 0.15) is 12.3 Å². The largest absolute Gasteiger partial charge is 0.497 e. The van der Waals surface area contributed by atoms with E-state index < -0.39 is 5.97 Å². The first-order chi connectivity index (χ1) is 18.3. The number of hydrogen-bond donors (Lipinski definition) is 1. The van der Waals surface area contributed by atoms with Gasteiger partial charge in [-0.1, -0.05) is 30.7 Å². The van der Waals surface area contributed by atoms with Crippen LogP contribution in [-0.2, 0) is 29.2 Å². The molecule has 200 valence electrons. The molecule has 2 aromatic carbocycles. The van der Waals surface area contributed by atoms with Crippen LogP contribution in [0.4, 0.5) is 0 Å². The molecule has 4 rings (SSSR count). The van der Waals surface area contributed by atoms with Crippen molar-refractivity contribution >= 4 is 16.9 Å². The number of nitrogens with one attached hydrogen (secondary N) is 1. The van der Waals surface area contributed by atoms with Crippen molar-refractivity contribution in [2.24, 2.45) is 0 Å². The van der Waals surface area contributed by atoms with Gasteiger partial charge in [0.2, 0.25) is 0 Å². The minimum Gasteiger partial charge on any atom is -0.497 e. The summed E-state index contributed by atoms with van der Waals surface area (Å²) < 4.78 is 11.9. The van der Waals surface area contributed by atoms with Gasteiger partial charge in [-0.15, -0.1) is 5.10 Å². The van der Waals surface area contributed by atoms with Crippen LogP contribution in [0.3, 0.4) is 0 Å². The van der Waals surface area contributed by atoms with Crippen LogP contribution in [0.1, 0.15) is 54.4 Å². The summed E-state index contributed by atoms with van der Waals surface area (Å²) in [6, 6.07) is 13.6. The van der Waals surface area contributed by atoms with Crippen molar-refractivity contribution in [3.05, 3.63) is 80.9 Å². The monoisotopic (exact) mass is 518 g/mol. The average molecular weight is 519 g/mol. The summed E-state index contributed by atoms with van der Waals surface area (Å²) in [4.78, 5) is 30.7. The number of esters is 1. The van der Waals surface area contributed by atoms with Gasteiger partial charge in [0.15, 0.2) is 5.82 Å². The molecule has 38 heavy (non-hydrogen) atoms. The number of carbonyl (C=O) groups is 1. The second kappa shape index (κ2) is 12.0. The van der Waals surface area contributed by atoms with Gasteiger partial charge in [-0.2, -0.15) is 0 Å². The lowest BCUT2D eigenvalue weighted by Gasteiger charge is -2.30. The fourth-order valence-corrected chi connectivity index (χ4v) is 4.81. The van der Waals surface area contributed by atoms with Crippen LogP contribution in [0.5, 0.6) is 5.75 Å². The molecule has 0 spiro atoms. The molecule has 2 aromatic heterocycles. The van der Waals surface area contributed by atoms with E-state index in [0.717, 1.165) is 33.3 Å². The van der Waals surface area contributed by atoms with Crippen LogP contribution in [0, 0.1) is 13.8 Å². The van der Waals surface area contributed by atoms with E-state index in [1.165, 1.54) is 4.68 Å². The number of methoxy groups -OCH3 is 1. The molecule has 1 N–H and O–H groups in total. The zero-order valence-electron chi connectivity index (χ0n) is 22.5. The Balaban J connectivity index is 1.73. The first-order valence-corrected chi connectivity index (χ1v) is 12.7. The molecule has 0 radical (unpaired) electrons. The smallest absolute Gasteiger partial charge is 0.327 e. The minimum absolute atomic E-state index is 0.0852. The Labute approximate surface area is 221 Å². The highest BCUT2D eigenvalue weighted by Gasteiger charge is 2.27. The average Bonchev–Trinajstić information content (AvgIpc) is 3.33. The molecule has 0 saturated carbocycles. The summed E-state index contributed by atoms with van der Waals surface area (Å²) in [5, 5.41) is 13.2. The maximum Gasteiger partial charge on any atom is 0.327 e. The molecular formula is C28H34N6O4. The number of tetrazole rings is 1. The third-order valence-corrected chi connectivity index (χ3v) is 6.56. The summed E-state index contributed by atoms with van der Waals surface area (Å²) in [7, 11) is 1.63. The van der Waals surface area contributed by atoms with Crippen molar-refractivity contribution in [1.29, 1.82) is 0 Å². The summed E-state index contributed by atoms with van der Waals surface area (Å²) in [6.07, 6.45) is 0.656. The van der Waals surface area contributed by atoms with E-state index in [1.54, 1.807) is 14.0 Å². The zero-order valence-corrected chi connectivity index (χ0v) is 22.5. The summed E-state index contributed by atoms with van der Waals surface area (Å²) in [6.45, 7) is 8.91. The van der Waals surface area contributed by atoms with Crippen molar-refractivity contribution in [3.63, 3.8) is 0 Å². The van der Waals surface area contributed by atoms with Crippen LogP contribution >= 0.6 is 0 Å². The van der Waals surface area contributed by atoms with Crippen LogP contribution < -0.4 is 10.3 Å². The number of benzene rings is 2. The molecule has 1 atom stereocenters. The van der Waals surface area contributed by atoms with Gasteiger partial charge in [0.25, 0.3) is 5.56 Å². The Kier molecular flexibility index (Phi) is 8.52. The summed E-state index contributed by atoms with van der Waals surface area (Å²) in [5.41, 5.74) is 4.55. The van der Waals surface area contributed by atoms with E-state index in [0.29, 0.717) is 30.9 Å². The number of rotatable bonds is 11. The number of aromatic nitrogens is 5. The number of pyridine rings is 1. The highest BCUT2D eigenvalue weighted by atomic mass is 16.5. The molecule has 0 fully saturated rings. The van der Waals surface area contributed by atoms with E-state index in [1.807, 2.05) is 51.1 Å². The predicted molar refractivity (Wildman–Crippen MR) is 144 cm³/mol. The van der Waals surface area contributed by atoms with Gasteiger partial charge >= 0.3 is 5.97 Å². The third-order valence-electron chi connectivity index (χ3n) is 6.56. The number of fused-ring (bicyclic) bond motifs is 1. The Morgan fingerprint density at radius 3 is 2.55 bits per heavy atom. The Bertz CT molecular complexity index is 1460. The molecule has 0 unspecified atom stereocenters. The fourth-order valence-electron chi connectivity index (χ4n) is 4.81. The normalized spacial score (nSPS) is 12.2. The minimum atomic E-state index is -0.408. The second-order valence-corrected chi connectivity index (χ2v) is 9.35.